The van der Waals surface area contributed by atoms with Crippen LogP contribution in [0.25, 0.3) is 0 Å². The van der Waals surface area contributed by atoms with Gasteiger partial charge in [0.2, 0.25) is 5.91 Å². The maximum Gasteiger partial charge on any atom is 0.391 e. The quantitative estimate of drug-likeness (QED) is 0.842. The first-order chi connectivity index (χ1) is 9.75. The van der Waals surface area contributed by atoms with Crippen LogP contribution in [0.2, 0.25) is 0 Å². The molecule has 0 bridgehead atoms. The molecule has 2 aliphatic rings. The first-order valence-electron chi connectivity index (χ1n) is 7.84. The van der Waals surface area contributed by atoms with Crippen LogP contribution in [0.5, 0.6) is 0 Å². The molecule has 0 spiro atoms. The molecule has 1 aliphatic carbocycles. The van der Waals surface area contributed by atoms with Crippen molar-refractivity contribution in [2.75, 3.05) is 13.1 Å². The molecular weight excluding hydrogens is 281 g/mol. The van der Waals surface area contributed by atoms with Gasteiger partial charge in [-0.3, -0.25) is 4.79 Å². The third-order valence-corrected chi connectivity index (χ3v) is 5.27. The van der Waals surface area contributed by atoms with Crippen LogP contribution in [0.1, 0.15) is 46.0 Å². The van der Waals surface area contributed by atoms with Crippen molar-refractivity contribution in [1.29, 1.82) is 0 Å². The Morgan fingerprint density at radius 3 is 2.29 bits per heavy atom. The second-order valence-electron chi connectivity index (χ2n) is 6.80. The lowest BCUT2D eigenvalue weighted by Crippen LogP contribution is -2.50. The van der Waals surface area contributed by atoms with Gasteiger partial charge in [-0.25, -0.2) is 0 Å². The van der Waals surface area contributed by atoms with Gasteiger partial charge in [-0.15, -0.1) is 0 Å². The number of nitrogens with one attached hydrogen (secondary N) is 2. The molecule has 0 aromatic rings. The molecule has 1 aliphatic heterocycles. The van der Waals surface area contributed by atoms with Crippen molar-refractivity contribution in [3.63, 3.8) is 0 Å². The van der Waals surface area contributed by atoms with Crippen LogP contribution in [0.3, 0.4) is 0 Å². The molecule has 0 radical (unpaired) electrons. The molecule has 0 aromatic heterocycles. The van der Waals surface area contributed by atoms with Gasteiger partial charge in [-0.1, -0.05) is 13.8 Å². The number of alkyl halides is 3. The zero-order chi connectivity index (χ0) is 15.7. The topological polar surface area (TPSA) is 41.1 Å². The van der Waals surface area contributed by atoms with Gasteiger partial charge < -0.3 is 10.6 Å². The molecule has 1 heterocycles. The molecule has 1 saturated carbocycles. The van der Waals surface area contributed by atoms with Crippen molar-refractivity contribution in [2.45, 2.75) is 58.2 Å². The SMILES string of the molecule is CC(C)C1(C(=O)NC2CCC(C(F)(F)F)CC2)CCNC1. The van der Waals surface area contributed by atoms with Crippen LogP contribution >= 0.6 is 0 Å². The second kappa shape index (κ2) is 6.15. The van der Waals surface area contributed by atoms with Crippen LogP contribution in [-0.4, -0.2) is 31.2 Å². The zero-order valence-corrected chi connectivity index (χ0v) is 12.7. The molecule has 21 heavy (non-hydrogen) atoms. The Balaban J connectivity index is 1.90. The van der Waals surface area contributed by atoms with E-state index in [-0.39, 0.29) is 30.7 Å². The summed E-state index contributed by atoms with van der Waals surface area (Å²) in [6.45, 7) is 5.56. The minimum Gasteiger partial charge on any atom is -0.353 e. The van der Waals surface area contributed by atoms with E-state index in [1.165, 1.54) is 0 Å². The Labute approximate surface area is 124 Å². The molecule has 2 fully saturated rings. The summed E-state index contributed by atoms with van der Waals surface area (Å²) < 4.78 is 37.9. The fourth-order valence-electron chi connectivity index (χ4n) is 3.55. The lowest BCUT2D eigenvalue weighted by atomic mass is 9.75. The Morgan fingerprint density at radius 1 is 1.24 bits per heavy atom. The number of carbonyl (C=O) groups excluding carboxylic acids is 1. The maximum absolute atomic E-state index is 12.6. The zero-order valence-electron chi connectivity index (χ0n) is 12.7. The highest BCUT2D eigenvalue weighted by atomic mass is 19.4. The van der Waals surface area contributed by atoms with E-state index in [0.717, 1.165) is 13.0 Å². The average molecular weight is 306 g/mol. The molecule has 1 unspecified atom stereocenters. The molecular formula is C15H25F3N2O. The van der Waals surface area contributed by atoms with Crippen molar-refractivity contribution in [1.82, 2.24) is 10.6 Å². The van der Waals surface area contributed by atoms with Crippen molar-refractivity contribution >= 4 is 5.91 Å². The molecule has 3 nitrogen and oxygen atoms in total. The molecule has 6 heteroatoms. The smallest absolute Gasteiger partial charge is 0.353 e. The predicted octanol–water partition coefficient (Wildman–Crippen LogP) is 2.86. The summed E-state index contributed by atoms with van der Waals surface area (Å²) in [6.07, 6.45) is -2.18. The van der Waals surface area contributed by atoms with Gasteiger partial charge in [-0.2, -0.15) is 13.2 Å². The molecule has 1 amide bonds. The third-order valence-electron chi connectivity index (χ3n) is 5.27. The minimum absolute atomic E-state index is 0.0120. The van der Waals surface area contributed by atoms with Gasteiger partial charge in [0, 0.05) is 12.6 Å². The van der Waals surface area contributed by atoms with Crippen molar-refractivity contribution in [3.8, 4) is 0 Å². The fourth-order valence-corrected chi connectivity index (χ4v) is 3.55. The van der Waals surface area contributed by atoms with E-state index < -0.39 is 17.5 Å². The minimum atomic E-state index is -4.09. The van der Waals surface area contributed by atoms with Gasteiger partial charge >= 0.3 is 6.18 Å². The fraction of sp³-hybridized carbons (Fsp3) is 0.933. The van der Waals surface area contributed by atoms with Gasteiger partial charge in [0.15, 0.2) is 0 Å². The molecule has 1 atom stereocenters. The van der Waals surface area contributed by atoms with Gasteiger partial charge in [0.05, 0.1) is 11.3 Å². The van der Waals surface area contributed by atoms with Crippen molar-refractivity contribution in [2.24, 2.45) is 17.3 Å². The number of hydrogen-bond donors (Lipinski definition) is 2. The summed E-state index contributed by atoms with van der Waals surface area (Å²) in [6, 6.07) is -0.104. The largest absolute Gasteiger partial charge is 0.391 e. The van der Waals surface area contributed by atoms with Crippen LogP contribution in [-0.2, 0) is 4.79 Å². The van der Waals surface area contributed by atoms with E-state index in [1.54, 1.807) is 0 Å². The van der Waals surface area contributed by atoms with Crippen LogP contribution < -0.4 is 10.6 Å². The predicted molar refractivity (Wildman–Crippen MR) is 74.7 cm³/mol. The first kappa shape index (κ1) is 16.6. The third kappa shape index (κ3) is 3.52. The lowest BCUT2D eigenvalue weighted by Gasteiger charge is -2.35. The Hall–Kier alpha value is -0.780. The van der Waals surface area contributed by atoms with E-state index in [2.05, 4.69) is 10.6 Å². The molecule has 2 N–H and O–H groups in total. The highest BCUT2D eigenvalue weighted by molar-refractivity contribution is 5.83. The van der Waals surface area contributed by atoms with E-state index in [0.29, 0.717) is 19.4 Å². The number of amides is 1. The number of halogens is 3. The summed E-state index contributed by atoms with van der Waals surface area (Å²) >= 11 is 0. The van der Waals surface area contributed by atoms with Gasteiger partial charge in [-0.05, 0) is 44.6 Å². The summed E-state index contributed by atoms with van der Waals surface area (Å²) in [7, 11) is 0. The first-order valence-corrected chi connectivity index (χ1v) is 7.84. The molecule has 0 aromatic carbocycles. The molecule has 122 valence electrons. The summed E-state index contributed by atoms with van der Waals surface area (Å²) in [5.74, 6) is -0.963. The van der Waals surface area contributed by atoms with Crippen LogP contribution in [0, 0.1) is 17.3 Å². The van der Waals surface area contributed by atoms with Crippen LogP contribution in [0.4, 0.5) is 13.2 Å². The van der Waals surface area contributed by atoms with Crippen molar-refractivity contribution < 1.29 is 18.0 Å². The van der Waals surface area contributed by atoms with E-state index in [4.69, 9.17) is 0 Å². The Kier molecular flexibility index (Phi) is 4.85. The van der Waals surface area contributed by atoms with Gasteiger partial charge in [0.1, 0.15) is 0 Å². The Morgan fingerprint density at radius 2 is 1.86 bits per heavy atom. The maximum atomic E-state index is 12.6. The standard InChI is InChI=1S/C15H25F3N2O/c1-10(2)14(7-8-19-9-14)13(21)20-12-5-3-11(4-6-12)15(16,17)18/h10-12,19H,3-9H2,1-2H3,(H,20,21). The summed E-state index contributed by atoms with van der Waals surface area (Å²) in [5, 5.41) is 6.24. The van der Waals surface area contributed by atoms with Crippen molar-refractivity contribution in [3.05, 3.63) is 0 Å². The summed E-state index contributed by atoms with van der Waals surface area (Å²) in [5.41, 5.74) is -0.402. The van der Waals surface area contributed by atoms with E-state index in [9.17, 15) is 18.0 Å². The highest BCUT2D eigenvalue weighted by Gasteiger charge is 2.46. The van der Waals surface area contributed by atoms with E-state index >= 15 is 0 Å². The number of carbonyl (C=O) groups is 1. The normalized spacial score (nSPS) is 34.2. The molecule has 1 saturated heterocycles. The van der Waals surface area contributed by atoms with Crippen LogP contribution in [0.15, 0.2) is 0 Å². The van der Waals surface area contributed by atoms with E-state index in [1.807, 2.05) is 13.8 Å². The lowest BCUT2D eigenvalue weighted by molar-refractivity contribution is -0.182. The Bertz CT molecular complexity index is 368. The molecule has 2 rings (SSSR count). The number of hydrogen-bond acceptors (Lipinski definition) is 2. The van der Waals surface area contributed by atoms with Gasteiger partial charge in [0.25, 0.3) is 0 Å². The monoisotopic (exact) mass is 306 g/mol. The second-order valence-corrected chi connectivity index (χ2v) is 6.80. The average Bonchev–Trinajstić information content (AvgIpc) is 2.89. The number of rotatable bonds is 3. The summed E-state index contributed by atoms with van der Waals surface area (Å²) in [4.78, 5) is 12.6. The highest BCUT2D eigenvalue weighted by Crippen LogP contribution is 2.39.